The number of hydrogen-bond acceptors (Lipinski definition) is 4. The van der Waals surface area contributed by atoms with Crippen molar-refractivity contribution in [1.82, 2.24) is 24.4 Å². The van der Waals surface area contributed by atoms with E-state index in [9.17, 15) is 9.59 Å². The van der Waals surface area contributed by atoms with Crippen molar-refractivity contribution in [3.05, 3.63) is 82.6 Å². The van der Waals surface area contributed by atoms with Gasteiger partial charge in [0.25, 0.3) is 5.91 Å². The zero-order chi connectivity index (χ0) is 18.6. The maximum absolute atomic E-state index is 12.8. The van der Waals surface area contributed by atoms with Gasteiger partial charge in [0.15, 0.2) is 0 Å². The molecule has 1 atom stereocenters. The molecule has 1 unspecified atom stereocenters. The van der Waals surface area contributed by atoms with Gasteiger partial charge in [0, 0.05) is 62.6 Å². The Morgan fingerprint density at radius 2 is 2.04 bits per heavy atom. The van der Waals surface area contributed by atoms with Crippen molar-refractivity contribution in [2.45, 2.75) is 25.3 Å². The first-order valence-electron chi connectivity index (χ1n) is 9.08. The summed E-state index contributed by atoms with van der Waals surface area (Å²) < 4.78 is 2.15. The molecule has 1 saturated heterocycles. The molecule has 1 fully saturated rings. The molecule has 1 aliphatic rings. The third-order valence-electron chi connectivity index (χ3n) is 4.95. The summed E-state index contributed by atoms with van der Waals surface area (Å²) in [4.78, 5) is 37.1. The van der Waals surface area contributed by atoms with E-state index in [-0.39, 0.29) is 17.4 Å². The molecule has 7 nitrogen and oxygen atoms in total. The lowest BCUT2D eigenvalue weighted by molar-refractivity contribution is 0.0703. The Labute approximate surface area is 156 Å². The van der Waals surface area contributed by atoms with E-state index in [0.29, 0.717) is 12.1 Å². The minimum Gasteiger partial charge on any atom is -0.338 e. The van der Waals surface area contributed by atoms with Gasteiger partial charge in [-0.2, -0.15) is 0 Å². The molecule has 4 rings (SSSR count). The van der Waals surface area contributed by atoms with Gasteiger partial charge >= 0.3 is 0 Å². The van der Waals surface area contributed by atoms with Gasteiger partial charge in [-0.1, -0.05) is 0 Å². The van der Waals surface area contributed by atoms with Crippen LogP contribution in [0.4, 0.5) is 0 Å². The number of nitrogens with zero attached hydrogens (tertiary/aromatic N) is 4. The maximum Gasteiger partial charge on any atom is 0.255 e. The van der Waals surface area contributed by atoms with E-state index < -0.39 is 0 Å². The Hall–Kier alpha value is -3.22. The van der Waals surface area contributed by atoms with Crippen molar-refractivity contribution in [3.63, 3.8) is 0 Å². The van der Waals surface area contributed by atoms with Gasteiger partial charge in [0.05, 0.1) is 5.56 Å². The second-order valence-corrected chi connectivity index (χ2v) is 6.80. The molecule has 1 aliphatic heterocycles. The van der Waals surface area contributed by atoms with Crippen LogP contribution in [0.15, 0.2) is 60.0 Å². The first kappa shape index (κ1) is 17.2. The fourth-order valence-electron chi connectivity index (χ4n) is 3.60. The molecule has 7 heteroatoms. The van der Waals surface area contributed by atoms with E-state index in [4.69, 9.17) is 0 Å². The summed E-state index contributed by atoms with van der Waals surface area (Å²) in [5.74, 6) is 1.15. The summed E-state index contributed by atoms with van der Waals surface area (Å²) >= 11 is 0. The smallest absolute Gasteiger partial charge is 0.255 e. The van der Waals surface area contributed by atoms with Gasteiger partial charge in [-0.3, -0.25) is 14.6 Å². The molecule has 27 heavy (non-hydrogen) atoms. The van der Waals surface area contributed by atoms with Crippen molar-refractivity contribution < 1.29 is 4.79 Å². The second-order valence-electron chi connectivity index (χ2n) is 6.80. The Bertz CT molecular complexity index is 959. The zero-order valence-electron chi connectivity index (χ0n) is 14.9. The van der Waals surface area contributed by atoms with Crippen molar-refractivity contribution >= 4 is 5.91 Å². The minimum absolute atomic E-state index is 0.0526. The first-order valence-corrected chi connectivity index (χ1v) is 9.08. The summed E-state index contributed by atoms with van der Waals surface area (Å²) in [6.45, 7) is 2.09. The van der Waals surface area contributed by atoms with Gasteiger partial charge in [-0.25, -0.2) is 4.98 Å². The van der Waals surface area contributed by atoms with Crippen molar-refractivity contribution in [2.24, 2.45) is 0 Å². The molecule has 1 amide bonds. The van der Waals surface area contributed by atoms with E-state index in [1.807, 2.05) is 29.4 Å². The molecule has 1 N–H and O–H groups in total. The largest absolute Gasteiger partial charge is 0.338 e. The molecule has 138 valence electrons. The molecule has 4 heterocycles. The highest BCUT2D eigenvalue weighted by atomic mass is 16.2. The van der Waals surface area contributed by atoms with Crippen LogP contribution in [0, 0.1) is 0 Å². The van der Waals surface area contributed by atoms with Crippen LogP contribution in [-0.4, -0.2) is 43.4 Å². The summed E-state index contributed by atoms with van der Waals surface area (Å²) in [6, 6.07) is 6.96. The standard InChI is InChI=1S/C20H21N5O2/c26-18-4-3-16(12-23-18)20(27)25-10-1-2-17(14-25)19-22-9-11-24(19)13-15-5-7-21-8-6-15/h3-9,11-12,17H,1-2,10,13-14H2,(H,23,26). The molecule has 3 aromatic heterocycles. The third-order valence-corrected chi connectivity index (χ3v) is 4.95. The second kappa shape index (κ2) is 7.57. The SMILES string of the molecule is O=C(c1ccc(=O)[nH]c1)N1CCCC(c2nccn2Cc2ccncc2)C1. The number of carbonyl (C=O) groups excluding carboxylic acids is 1. The number of carbonyl (C=O) groups is 1. The van der Waals surface area contributed by atoms with Crippen LogP contribution >= 0.6 is 0 Å². The van der Waals surface area contributed by atoms with Crippen LogP contribution < -0.4 is 5.56 Å². The highest BCUT2D eigenvalue weighted by Crippen LogP contribution is 2.27. The van der Waals surface area contributed by atoms with E-state index in [1.54, 1.807) is 18.5 Å². The molecule has 0 bridgehead atoms. The first-order chi connectivity index (χ1) is 13.2. The minimum atomic E-state index is -0.207. The fourth-order valence-corrected chi connectivity index (χ4v) is 3.60. The van der Waals surface area contributed by atoms with E-state index in [0.717, 1.165) is 31.8 Å². The number of pyridine rings is 2. The van der Waals surface area contributed by atoms with Crippen LogP contribution in [0.2, 0.25) is 0 Å². The average Bonchev–Trinajstić information content (AvgIpc) is 3.17. The van der Waals surface area contributed by atoms with Gasteiger partial charge in [0.2, 0.25) is 5.56 Å². The summed E-state index contributed by atoms with van der Waals surface area (Å²) in [5, 5.41) is 0. The highest BCUT2D eigenvalue weighted by molar-refractivity contribution is 5.93. The fraction of sp³-hybridized carbons (Fsp3) is 0.300. The number of aromatic nitrogens is 4. The molecular formula is C20H21N5O2. The number of H-pyrrole nitrogens is 1. The lowest BCUT2D eigenvalue weighted by Gasteiger charge is -2.32. The predicted molar refractivity (Wildman–Crippen MR) is 101 cm³/mol. The van der Waals surface area contributed by atoms with Crippen molar-refractivity contribution in [3.8, 4) is 0 Å². The lowest BCUT2D eigenvalue weighted by atomic mass is 9.96. The molecule has 0 radical (unpaired) electrons. The predicted octanol–water partition coefficient (Wildman–Crippen LogP) is 2.03. The van der Waals surface area contributed by atoms with Crippen LogP contribution in [0.1, 0.15) is 40.5 Å². The van der Waals surface area contributed by atoms with Crippen molar-refractivity contribution in [1.29, 1.82) is 0 Å². The van der Waals surface area contributed by atoms with Crippen LogP contribution in [-0.2, 0) is 6.54 Å². The molecule has 0 spiro atoms. The normalized spacial score (nSPS) is 17.0. The zero-order valence-corrected chi connectivity index (χ0v) is 14.9. The molecule has 0 aliphatic carbocycles. The summed E-state index contributed by atoms with van der Waals surface area (Å²) in [7, 11) is 0. The Morgan fingerprint density at radius 3 is 2.81 bits per heavy atom. The van der Waals surface area contributed by atoms with Crippen LogP contribution in [0.25, 0.3) is 0 Å². The lowest BCUT2D eigenvalue weighted by Crippen LogP contribution is -2.40. The number of imidazole rings is 1. The number of hydrogen-bond donors (Lipinski definition) is 1. The maximum atomic E-state index is 12.8. The summed E-state index contributed by atoms with van der Waals surface area (Å²) in [5.41, 5.74) is 1.47. The van der Waals surface area contributed by atoms with Gasteiger partial charge in [0.1, 0.15) is 5.82 Å². The van der Waals surface area contributed by atoms with E-state index >= 15 is 0 Å². The van der Waals surface area contributed by atoms with E-state index in [1.165, 1.54) is 17.8 Å². The van der Waals surface area contributed by atoms with E-state index in [2.05, 4.69) is 19.5 Å². The Morgan fingerprint density at radius 1 is 1.19 bits per heavy atom. The number of piperidine rings is 1. The van der Waals surface area contributed by atoms with Crippen molar-refractivity contribution in [2.75, 3.05) is 13.1 Å². The molecule has 0 aromatic carbocycles. The average molecular weight is 363 g/mol. The summed E-state index contributed by atoms with van der Waals surface area (Å²) in [6.07, 6.45) is 10.8. The third kappa shape index (κ3) is 3.81. The Kier molecular flexibility index (Phi) is 4.82. The Balaban J connectivity index is 1.50. The molecule has 0 saturated carbocycles. The molecular weight excluding hydrogens is 342 g/mol. The van der Waals surface area contributed by atoms with Crippen LogP contribution in [0.3, 0.4) is 0 Å². The number of rotatable bonds is 4. The van der Waals surface area contributed by atoms with Crippen LogP contribution in [0.5, 0.6) is 0 Å². The number of amides is 1. The number of aromatic amines is 1. The molecule has 3 aromatic rings. The van der Waals surface area contributed by atoms with Gasteiger partial charge in [-0.05, 0) is 36.6 Å². The quantitative estimate of drug-likeness (QED) is 0.769. The van der Waals surface area contributed by atoms with Gasteiger partial charge in [-0.15, -0.1) is 0 Å². The van der Waals surface area contributed by atoms with Gasteiger partial charge < -0.3 is 14.5 Å². The number of nitrogens with one attached hydrogen (secondary N) is 1. The topological polar surface area (TPSA) is 83.9 Å². The monoisotopic (exact) mass is 363 g/mol. The highest BCUT2D eigenvalue weighted by Gasteiger charge is 2.28. The number of likely N-dealkylation sites (tertiary alicyclic amines) is 1.